The van der Waals surface area contributed by atoms with Gasteiger partial charge in [0.15, 0.2) is 14.1 Å². The Kier molecular flexibility index (Phi) is 7.97. The third-order valence-corrected chi connectivity index (χ3v) is 15.3. The molecule has 2 atom stereocenters. The lowest BCUT2D eigenvalue weighted by Gasteiger charge is -2.54. The standard InChI is InChI=1S/C29H40BrF5N4O2Si/c1-26(2,3)42(6,7)41-27(4)13-18(14-27)38(5)24-19-11-20(29(33,34)35)21(30)22(32)23(19)36-25(37-24)40-16-28-9-8-10-39(28)15-17(31)12-28/h11,17-18H,8-10,12-16H2,1-7H3/t17-,18?,27?,28+/m1/s1. The molecule has 13 heteroatoms. The predicted octanol–water partition coefficient (Wildman–Crippen LogP) is 7.88. The van der Waals surface area contributed by atoms with Gasteiger partial charge in [-0.3, -0.25) is 4.90 Å². The van der Waals surface area contributed by atoms with Crippen molar-refractivity contribution in [3.05, 3.63) is 21.9 Å². The van der Waals surface area contributed by atoms with E-state index in [1.165, 1.54) is 0 Å². The molecule has 0 radical (unpaired) electrons. The molecule has 0 bridgehead atoms. The lowest BCUT2D eigenvalue weighted by atomic mass is 9.76. The first-order valence-corrected chi connectivity index (χ1v) is 18.2. The van der Waals surface area contributed by atoms with Gasteiger partial charge in [-0.15, -0.1) is 0 Å². The van der Waals surface area contributed by atoms with Gasteiger partial charge >= 0.3 is 12.2 Å². The smallest absolute Gasteiger partial charge is 0.417 e. The Bertz CT molecular complexity index is 1360. The van der Waals surface area contributed by atoms with Crippen LogP contribution >= 0.6 is 15.9 Å². The molecule has 3 fully saturated rings. The van der Waals surface area contributed by atoms with E-state index in [-0.39, 0.29) is 46.0 Å². The van der Waals surface area contributed by atoms with Crippen LogP contribution in [0.3, 0.4) is 0 Å². The molecule has 3 aliphatic rings. The number of aromatic nitrogens is 2. The van der Waals surface area contributed by atoms with E-state index in [1.807, 2.05) is 0 Å². The number of ether oxygens (including phenoxy) is 1. The second-order valence-corrected chi connectivity index (χ2v) is 19.6. The van der Waals surface area contributed by atoms with Crippen LogP contribution in [-0.4, -0.2) is 73.3 Å². The Morgan fingerprint density at radius 3 is 2.45 bits per heavy atom. The highest BCUT2D eigenvalue weighted by atomic mass is 79.9. The van der Waals surface area contributed by atoms with Crippen molar-refractivity contribution in [3.63, 3.8) is 0 Å². The summed E-state index contributed by atoms with van der Waals surface area (Å²) in [6.45, 7) is 14.2. The van der Waals surface area contributed by atoms with Crippen LogP contribution in [0.4, 0.5) is 27.8 Å². The van der Waals surface area contributed by atoms with Gasteiger partial charge in [0.2, 0.25) is 0 Å². The molecule has 1 aliphatic carbocycles. The molecule has 2 aromatic rings. The molecule has 0 amide bonds. The summed E-state index contributed by atoms with van der Waals surface area (Å²) in [7, 11) is -0.316. The Hall–Kier alpha value is -1.57. The van der Waals surface area contributed by atoms with Gasteiger partial charge in [-0.1, -0.05) is 20.8 Å². The molecule has 0 unspecified atom stereocenters. The van der Waals surface area contributed by atoms with Gasteiger partial charge in [0.25, 0.3) is 0 Å². The first-order chi connectivity index (χ1) is 19.3. The summed E-state index contributed by atoms with van der Waals surface area (Å²) < 4.78 is 83.5. The van der Waals surface area contributed by atoms with Gasteiger partial charge in [-0.05, 0) is 79.3 Å². The quantitative estimate of drug-likeness (QED) is 0.219. The Balaban J connectivity index is 1.49. The molecule has 2 saturated heterocycles. The Morgan fingerprint density at radius 1 is 1.17 bits per heavy atom. The van der Waals surface area contributed by atoms with Gasteiger partial charge in [0, 0.05) is 31.4 Å². The van der Waals surface area contributed by atoms with Crippen molar-refractivity contribution in [1.29, 1.82) is 0 Å². The lowest BCUT2D eigenvalue weighted by Crippen LogP contribution is -2.59. The topological polar surface area (TPSA) is 50.7 Å². The normalized spacial score (nSPS) is 28.7. The maximum Gasteiger partial charge on any atom is 0.417 e. The van der Waals surface area contributed by atoms with Gasteiger partial charge < -0.3 is 14.1 Å². The minimum Gasteiger partial charge on any atom is -0.461 e. The fourth-order valence-corrected chi connectivity index (χ4v) is 8.82. The third-order valence-electron chi connectivity index (χ3n) is 9.89. The van der Waals surface area contributed by atoms with E-state index in [1.54, 1.807) is 11.9 Å². The second-order valence-electron chi connectivity index (χ2n) is 14.1. The molecule has 1 aromatic heterocycles. The first kappa shape index (κ1) is 31.8. The molecule has 2 aliphatic heterocycles. The molecule has 1 aromatic carbocycles. The summed E-state index contributed by atoms with van der Waals surface area (Å²) in [5.74, 6) is -0.978. The molecule has 3 heterocycles. The Labute approximate surface area is 253 Å². The Morgan fingerprint density at radius 2 is 1.83 bits per heavy atom. The summed E-state index contributed by atoms with van der Waals surface area (Å²) in [5, 5.41) is -0.0289. The predicted molar refractivity (Wildman–Crippen MR) is 159 cm³/mol. The summed E-state index contributed by atoms with van der Waals surface area (Å²) in [5.41, 5.74) is -2.28. The zero-order valence-corrected chi connectivity index (χ0v) is 27.8. The fraction of sp³-hybridized carbons (Fsp3) is 0.724. The van der Waals surface area contributed by atoms with Crippen molar-refractivity contribution in [2.24, 2.45) is 0 Å². The number of alkyl halides is 4. The van der Waals surface area contributed by atoms with Crippen LogP contribution in [0.5, 0.6) is 6.01 Å². The molecule has 42 heavy (non-hydrogen) atoms. The average molecular weight is 680 g/mol. The number of hydrogen-bond acceptors (Lipinski definition) is 6. The van der Waals surface area contributed by atoms with Gasteiger partial charge in [0.05, 0.1) is 21.2 Å². The summed E-state index contributed by atoms with van der Waals surface area (Å²) in [6.07, 6.45) is -2.46. The fourth-order valence-electron chi connectivity index (χ4n) is 6.59. The molecular formula is C29H40BrF5N4O2Si. The maximum atomic E-state index is 15.6. The van der Waals surface area contributed by atoms with Gasteiger partial charge in [-0.25, -0.2) is 8.78 Å². The number of benzene rings is 1. The highest BCUT2D eigenvalue weighted by Crippen LogP contribution is 2.48. The third kappa shape index (κ3) is 5.67. The molecule has 0 N–H and O–H groups in total. The maximum absolute atomic E-state index is 15.6. The van der Waals surface area contributed by atoms with Crippen LogP contribution < -0.4 is 9.64 Å². The van der Waals surface area contributed by atoms with E-state index in [4.69, 9.17) is 9.16 Å². The number of fused-ring (bicyclic) bond motifs is 2. The first-order valence-electron chi connectivity index (χ1n) is 14.5. The SMILES string of the molecule is CN(c1nc(OC[C@@]23CCCN2C[C@H](F)C3)nc2c(F)c(Br)c(C(F)(F)F)cc12)C1CC(C)(O[Si](C)(C)C(C)(C)C)C1. The van der Waals surface area contributed by atoms with E-state index in [0.29, 0.717) is 25.8 Å². The summed E-state index contributed by atoms with van der Waals surface area (Å²) in [4.78, 5) is 12.7. The molecule has 6 nitrogen and oxygen atoms in total. The highest BCUT2D eigenvalue weighted by molar-refractivity contribution is 9.10. The van der Waals surface area contributed by atoms with E-state index in [9.17, 15) is 17.6 Å². The lowest BCUT2D eigenvalue weighted by molar-refractivity contribution is -0.138. The monoisotopic (exact) mass is 678 g/mol. The largest absolute Gasteiger partial charge is 0.461 e. The number of halogens is 6. The zero-order valence-electron chi connectivity index (χ0n) is 25.3. The van der Waals surface area contributed by atoms with Crippen molar-refractivity contribution in [3.8, 4) is 6.01 Å². The highest BCUT2D eigenvalue weighted by Gasteiger charge is 2.51. The van der Waals surface area contributed by atoms with E-state index in [0.717, 1.165) is 25.5 Å². The average Bonchev–Trinajstić information content (AvgIpc) is 3.36. The van der Waals surface area contributed by atoms with Crippen molar-refractivity contribution in [2.75, 3.05) is 31.6 Å². The van der Waals surface area contributed by atoms with Crippen molar-refractivity contribution in [1.82, 2.24) is 14.9 Å². The van der Waals surface area contributed by atoms with E-state index >= 15 is 4.39 Å². The molecular weight excluding hydrogens is 639 g/mol. The van der Waals surface area contributed by atoms with Crippen LogP contribution in [0.1, 0.15) is 65.4 Å². The van der Waals surface area contributed by atoms with Crippen LogP contribution in [-0.2, 0) is 10.6 Å². The number of nitrogens with zero attached hydrogens (tertiary/aromatic N) is 4. The molecule has 1 saturated carbocycles. The van der Waals surface area contributed by atoms with Crippen LogP contribution in [0.25, 0.3) is 10.9 Å². The van der Waals surface area contributed by atoms with Crippen LogP contribution in [0.2, 0.25) is 18.1 Å². The van der Waals surface area contributed by atoms with Gasteiger partial charge in [-0.2, -0.15) is 23.1 Å². The number of anilines is 1. The second kappa shape index (κ2) is 10.5. The minimum absolute atomic E-state index is 0.0247. The van der Waals surface area contributed by atoms with Crippen molar-refractivity contribution >= 4 is 41.0 Å². The van der Waals surface area contributed by atoms with Crippen molar-refractivity contribution < 1.29 is 31.1 Å². The number of rotatable bonds is 7. The van der Waals surface area contributed by atoms with E-state index in [2.05, 4.69) is 71.6 Å². The van der Waals surface area contributed by atoms with Crippen LogP contribution in [0.15, 0.2) is 10.5 Å². The van der Waals surface area contributed by atoms with Crippen LogP contribution in [0, 0.1) is 5.82 Å². The summed E-state index contributed by atoms with van der Waals surface area (Å²) in [6, 6.07) is 0.653. The number of hydrogen-bond donors (Lipinski definition) is 0. The van der Waals surface area contributed by atoms with Crippen molar-refractivity contribution in [2.45, 2.75) is 107 Å². The molecule has 234 valence electrons. The zero-order chi connectivity index (χ0) is 31.0. The van der Waals surface area contributed by atoms with Gasteiger partial charge in [0.1, 0.15) is 24.1 Å². The summed E-state index contributed by atoms with van der Waals surface area (Å²) >= 11 is 2.80. The molecule has 0 spiro atoms. The minimum atomic E-state index is -4.79. The van der Waals surface area contributed by atoms with E-state index < -0.39 is 42.1 Å². The molecule has 5 rings (SSSR count).